The van der Waals surface area contributed by atoms with Crippen LogP contribution in [0.3, 0.4) is 0 Å². The van der Waals surface area contributed by atoms with Gasteiger partial charge in [-0.1, -0.05) is 18.2 Å². The molecule has 5 aromatic carbocycles. The number of nitrogens with one attached hydrogen (secondary N) is 1. The minimum Gasteiger partial charge on any atom is -0.744 e. The molecule has 234 valence electrons. The Kier molecular flexibility index (Phi) is 14.2. The molecule has 5 aromatic rings. The number of esters is 1. The van der Waals surface area contributed by atoms with Crippen LogP contribution in [0.25, 0.3) is 32.3 Å². The fourth-order valence-corrected chi connectivity index (χ4v) is 6.92. The summed E-state index contributed by atoms with van der Waals surface area (Å²) >= 11 is 0. The quantitative estimate of drug-likeness (QED) is 0.0281. The molecule has 0 saturated heterocycles. The van der Waals surface area contributed by atoms with Crippen molar-refractivity contribution in [3.8, 4) is 11.5 Å². The van der Waals surface area contributed by atoms with E-state index in [1.54, 1.807) is 12.1 Å². The van der Waals surface area contributed by atoms with E-state index < -0.39 is 63.5 Å². The average molecular weight is 743 g/mol. The van der Waals surface area contributed by atoms with Crippen LogP contribution in [0, 0.1) is 0 Å². The molecule has 0 unspecified atom stereocenters. The molecule has 0 spiro atoms. The maximum Gasteiger partial charge on any atom is 1.00 e. The summed E-state index contributed by atoms with van der Waals surface area (Å²) in [6, 6.07) is 11.7. The number of carbonyl (C=O) groups is 2. The molecule has 5 rings (SSSR count). The number of hydrogen-bond acceptors (Lipinski definition) is 14. The molecule has 0 aliphatic rings. The van der Waals surface area contributed by atoms with Gasteiger partial charge in [0.15, 0.2) is 6.61 Å². The second kappa shape index (κ2) is 16.1. The predicted molar refractivity (Wildman–Crippen MR) is 153 cm³/mol. The Balaban J connectivity index is 0.00000267. The summed E-state index contributed by atoms with van der Waals surface area (Å²) in [5.74, 6) is -1.40. The van der Waals surface area contributed by atoms with Gasteiger partial charge in [-0.2, -0.15) is 5.10 Å². The van der Waals surface area contributed by atoms with Crippen molar-refractivity contribution in [2.75, 3.05) is 6.61 Å². The molecule has 15 nitrogen and oxygen atoms in total. The number of rotatable bonds is 9. The first kappa shape index (κ1) is 42.4. The van der Waals surface area contributed by atoms with Gasteiger partial charge in [-0.15, -0.1) is 0 Å². The van der Waals surface area contributed by atoms with Crippen LogP contribution in [-0.2, 0) is 39.9 Å². The predicted octanol–water partition coefficient (Wildman–Crippen LogP) is -7.24. The number of ether oxygens (including phenoxy) is 2. The maximum atomic E-state index is 12.5. The van der Waals surface area contributed by atoms with Gasteiger partial charge in [0.2, 0.25) is 0 Å². The van der Waals surface area contributed by atoms with Crippen molar-refractivity contribution in [2.24, 2.45) is 5.10 Å². The molecule has 0 bridgehead atoms. The van der Waals surface area contributed by atoms with Crippen molar-refractivity contribution in [3.05, 3.63) is 66.2 Å². The molecule has 21 heteroatoms. The topological polar surface area (TPSA) is 249 Å². The van der Waals surface area contributed by atoms with Crippen LogP contribution < -0.4 is 104 Å². The number of nitrogens with zero attached hydrogens (tertiary/aromatic N) is 1. The van der Waals surface area contributed by atoms with E-state index >= 15 is 0 Å². The summed E-state index contributed by atoms with van der Waals surface area (Å²) in [4.78, 5) is 20.5. The zero-order valence-corrected chi connectivity index (χ0v) is 34.0. The smallest absolute Gasteiger partial charge is 0.744 e. The molecule has 0 saturated carbocycles. The molecule has 1 N–H and O–H groups in total. The van der Waals surface area contributed by atoms with Gasteiger partial charge in [0, 0.05) is 39.2 Å². The Morgan fingerprint density at radius 1 is 0.708 bits per heavy atom. The minimum atomic E-state index is -5.37. The van der Waals surface area contributed by atoms with Gasteiger partial charge in [0.05, 0.1) is 20.9 Å². The monoisotopic (exact) mass is 742 g/mol. The summed E-state index contributed by atoms with van der Waals surface area (Å²) in [5.41, 5.74) is 2.69. The fourth-order valence-electron chi connectivity index (χ4n) is 4.75. The first-order chi connectivity index (χ1) is 20.9. The summed E-state index contributed by atoms with van der Waals surface area (Å²) in [6.45, 7) is 0.468. The Hall–Kier alpha value is -1.72. The van der Waals surface area contributed by atoms with Crippen molar-refractivity contribution in [2.45, 2.75) is 21.6 Å². The number of amides is 1. The first-order valence-corrected chi connectivity index (χ1v) is 16.6. The van der Waals surface area contributed by atoms with Crippen LogP contribution in [-0.4, -0.2) is 63.6 Å². The number of hydrogen-bond donors (Lipinski definition) is 1. The Morgan fingerprint density at radius 2 is 1.15 bits per heavy atom. The molecule has 1 amide bonds. The third kappa shape index (κ3) is 9.14. The molecule has 0 fully saturated rings. The van der Waals surface area contributed by atoms with E-state index in [0.717, 1.165) is 24.3 Å². The van der Waals surface area contributed by atoms with Gasteiger partial charge >= 0.3 is 94.6 Å². The van der Waals surface area contributed by atoms with Gasteiger partial charge < -0.3 is 23.1 Å². The van der Waals surface area contributed by atoms with Crippen molar-refractivity contribution in [1.82, 2.24) is 5.43 Å². The molecular formula is C27H17N2Na3O13S3. The Morgan fingerprint density at radius 3 is 1.60 bits per heavy atom. The standard InChI is InChI=1S/C27H20N2O13S3.3Na/c1-14(30)42-16-4-2-15(3-5-16)12-28-29-25(31)13-41-21-10-22(43(32,33)34)18-8-9-20-24(45(38,39)40)11-23(44(35,36)37)19-7-6-17(21)26(18)27(19)20;;;/h2-12H,13H2,1H3,(H,29,31)(H,32,33,34)(H,35,36,37)(H,38,39,40);;;/q;3*+1/p-3/b28-12-;;;. The van der Waals surface area contributed by atoms with Gasteiger partial charge in [-0.25, -0.2) is 30.7 Å². The first-order valence-electron chi connectivity index (χ1n) is 12.3. The van der Waals surface area contributed by atoms with Crippen molar-refractivity contribution in [3.63, 3.8) is 0 Å². The van der Waals surface area contributed by atoms with E-state index in [1.807, 2.05) is 0 Å². The van der Waals surface area contributed by atoms with Crippen LogP contribution >= 0.6 is 0 Å². The molecule has 0 aliphatic heterocycles. The zero-order chi connectivity index (χ0) is 32.9. The largest absolute Gasteiger partial charge is 1.00 e. The zero-order valence-electron chi connectivity index (χ0n) is 25.5. The Labute approximate surface area is 339 Å². The summed E-state index contributed by atoms with van der Waals surface area (Å²) in [5, 5.41) is 2.28. The van der Waals surface area contributed by atoms with Crippen LogP contribution in [0.2, 0.25) is 0 Å². The van der Waals surface area contributed by atoms with Gasteiger partial charge in [0.25, 0.3) is 5.91 Å². The SMILES string of the molecule is CC(=O)Oc1ccc(/C=N\NC(=O)COc2cc(S(=O)(=O)[O-])c3ccc4c(S(=O)(=O)[O-])cc(S(=O)(=O)[O-])c5ccc2c3c54)cc1.[Na+].[Na+].[Na+]. The summed E-state index contributed by atoms with van der Waals surface area (Å²) in [7, 11) is -16.0. The summed E-state index contributed by atoms with van der Waals surface area (Å²) in [6.07, 6.45) is 1.26. The molecule has 0 aromatic heterocycles. The van der Waals surface area contributed by atoms with Crippen molar-refractivity contribution >= 4 is 80.8 Å². The normalized spacial score (nSPS) is 11.9. The molecule has 0 radical (unpaired) electrons. The number of benzene rings is 5. The fraction of sp³-hybridized carbons (Fsp3) is 0.0741. The maximum absolute atomic E-state index is 12.5. The van der Waals surface area contributed by atoms with E-state index in [1.165, 1.54) is 31.3 Å². The average Bonchev–Trinajstić information content (AvgIpc) is 2.93. The second-order valence-electron chi connectivity index (χ2n) is 9.42. The van der Waals surface area contributed by atoms with E-state index in [-0.39, 0.29) is 127 Å². The Bertz CT molecular complexity index is 2350. The van der Waals surface area contributed by atoms with Crippen molar-refractivity contribution < 1.29 is 147 Å². The van der Waals surface area contributed by atoms with Gasteiger partial charge in [0.1, 0.15) is 41.9 Å². The van der Waals surface area contributed by atoms with E-state index in [4.69, 9.17) is 9.47 Å². The minimum absolute atomic E-state index is 0. The van der Waals surface area contributed by atoms with Crippen molar-refractivity contribution in [1.29, 1.82) is 0 Å². The second-order valence-corrected chi connectivity index (χ2v) is 13.5. The van der Waals surface area contributed by atoms with E-state index in [9.17, 15) is 48.5 Å². The molecule has 48 heavy (non-hydrogen) atoms. The van der Waals surface area contributed by atoms with Gasteiger partial charge in [-0.3, -0.25) is 9.59 Å². The number of carbonyl (C=O) groups excluding carboxylic acids is 2. The third-order valence-electron chi connectivity index (χ3n) is 6.46. The summed E-state index contributed by atoms with van der Waals surface area (Å²) < 4.78 is 120. The molecular weight excluding hydrogens is 725 g/mol. The van der Waals surface area contributed by atoms with E-state index in [2.05, 4.69) is 10.5 Å². The van der Waals surface area contributed by atoms with E-state index in [0.29, 0.717) is 17.4 Å². The molecule has 0 atom stereocenters. The van der Waals surface area contributed by atoms with Crippen LogP contribution in [0.4, 0.5) is 0 Å². The number of hydrazone groups is 1. The van der Waals surface area contributed by atoms with Gasteiger partial charge in [-0.05, 0) is 48.0 Å². The third-order valence-corrected chi connectivity index (χ3v) is 9.09. The van der Waals surface area contributed by atoms with Crippen LogP contribution in [0.5, 0.6) is 11.5 Å². The van der Waals surface area contributed by atoms with Crippen LogP contribution in [0.1, 0.15) is 12.5 Å². The molecule has 0 aliphatic carbocycles. The molecule has 0 heterocycles. The van der Waals surface area contributed by atoms with Crippen LogP contribution in [0.15, 0.2) is 80.5 Å².